The highest BCUT2D eigenvalue weighted by atomic mass is 19.1. The number of hydrogen-bond acceptors (Lipinski definition) is 3. The van der Waals surface area contributed by atoms with Crippen molar-refractivity contribution in [2.75, 3.05) is 0 Å². The van der Waals surface area contributed by atoms with Crippen LogP contribution in [0.15, 0.2) is 29.1 Å². The minimum Gasteiger partial charge on any atom is -0.306 e. The molecule has 0 fully saturated rings. The summed E-state index contributed by atoms with van der Waals surface area (Å²) in [5.41, 5.74) is 1.14. The fraction of sp³-hybridized carbons (Fsp3) is 0.312. The van der Waals surface area contributed by atoms with Crippen LogP contribution in [-0.4, -0.2) is 19.7 Å². The molecule has 1 aromatic carbocycles. The Morgan fingerprint density at radius 2 is 2.09 bits per heavy atom. The highest BCUT2D eigenvalue weighted by Gasteiger charge is 2.16. The van der Waals surface area contributed by atoms with Gasteiger partial charge in [-0.1, -0.05) is 25.5 Å². The van der Waals surface area contributed by atoms with E-state index < -0.39 is 5.82 Å². The third-order valence-corrected chi connectivity index (χ3v) is 3.63. The zero-order valence-electron chi connectivity index (χ0n) is 12.6. The molecule has 5 nitrogen and oxygen atoms in total. The van der Waals surface area contributed by atoms with Gasteiger partial charge in [-0.15, -0.1) is 0 Å². The first-order valence-electron chi connectivity index (χ1n) is 7.34. The summed E-state index contributed by atoms with van der Waals surface area (Å²) in [7, 11) is 0. The number of nitrogens with zero attached hydrogens (tertiary/aromatic N) is 3. The number of aryl methyl sites for hydroxylation is 2. The molecule has 1 N–H and O–H groups in total. The Balaban J connectivity index is 2.23. The molecule has 22 heavy (non-hydrogen) atoms. The van der Waals surface area contributed by atoms with E-state index >= 15 is 0 Å². The maximum atomic E-state index is 13.9. The van der Waals surface area contributed by atoms with Gasteiger partial charge in [0.25, 0.3) is 5.56 Å². The minimum absolute atomic E-state index is 0.230. The molecule has 0 saturated carbocycles. The van der Waals surface area contributed by atoms with Crippen LogP contribution in [0, 0.1) is 12.7 Å². The zero-order chi connectivity index (χ0) is 15.7. The summed E-state index contributed by atoms with van der Waals surface area (Å²) < 4.78 is 15.7. The van der Waals surface area contributed by atoms with E-state index in [2.05, 4.69) is 22.0 Å². The summed E-state index contributed by atoms with van der Waals surface area (Å²) in [5.74, 6) is -0.186. The Morgan fingerprint density at radius 1 is 1.32 bits per heavy atom. The molecule has 0 bridgehead atoms. The molecule has 0 saturated heterocycles. The molecule has 0 atom stereocenters. The maximum absolute atomic E-state index is 13.9. The van der Waals surface area contributed by atoms with Crippen molar-refractivity contribution in [3.63, 3.8) is 0 Å². The van der Waals surface area contributed by atoms with Gasteiger partial charge in [-0.25, -0.2) is 14.1 Å². The molecule has 0 spiro atoms. The number of aromatic amines is 1. The van der Waals surface area contributed by atoms with Crippen molar-refractivity contribution in [3.8, 4) is 11.4 Å². The lowest BCUT2D eigenvalue weighted by Crippen LogP contribution is -2.11. The lowest BCUT2D eigenvalue weighted by molar-refractivity contribution is 0.580. The number of aromatic nitrogens is 4. The lowest BCUT2D eigenvalue weighted by atomic mass is 10.2. The fourth-order valence-corrected chi connectivity index (χ4v) is 2.50. The van der Waals surface area contributed by atoms with Crippen molar-refractivity contribution >= 4 is 11.0 Å². The van der Waals surface area contributed by atoms with Crippen LogP contribution in [0.25, 0.3) is 22.4 Å². The summed E-state index contributed by atoms with van der Waals surface area (Å²) in [5, 5.41) is 4.85. The smallest absolute Gasteiger partial charge is 0.262 e. The summed E-state index contributed by atoms with van der Waals surface area (Å²) in [4.78, 5) is 19.4. The van der Waals surface area contributed by atoms with Crippen LogP contribution in [0.2, 0.25) is 0 Å². The molecular formula is C16H17FN4O. The Hall–Kier alpha value is -2.50. The number of rotatable bonds is 4. The third-order valence-electron chi connectivity index (χ3n) is 3.63. The predicted molar refractivity (Wildman–Crippen MR) is 83.2 cm³/mol. The van der Waals surface area contributed by atoms with Crippen LogP contribution >= 0.6 is 0 Å². The topological polar surface area (TPSA) is 63.6 Å². The van der Waals surface area contributed by atoms with Crippen LogP contribution in [0.3, 0.4) is 0 Å². The largest absolute Gasteiger partial charge is 0.306 e. The molecule has 0 aliphatic carbocycles. The summed E-state index contributed by atoms with van der Waals surface area (Å²) in [6.07, 6.45) is 1.96. The third kappa shape index (κ3) is 2.41. The average molecular weight is 300 g/mol. The lowest BCUT2D eigenvalue weighted by Gasteiger charge is -2.05. The van der Waals surface area contributed by atoms with E-state index in [0.29, 0.717) is 23.3 Å². The minimum atomic E-state index is -0.415. The number of unbranched alkanes of at least 4 members (excludes halogenated alkanes) is 1. The maximum Gasteiger partial charge on any atom is 0.262 e. The highest BCUT2D eigenvalue weighted by molar-refractivity contribution is 5.79. The van der Waals surface area contributed by atoms with Crippen molar-refractivity contribution in [3.05, 3.63) is 46.1 Å². The number of halogens is 1. The molecule has 3 rings (SSSR count). The van der Waals surface area contributed by atoms with Crippen LogP contribution < -0.4 is 5.56 Å². The molecule has 2 aromatic heterocycles. The monoisotopic (exact) mass is 300 g/mol. The number of fused-ring (bicyclic) bond motifs is 1. The standard InChI is InChI=1S/C16H17FN4O/c1-3-4-9-21-15-13(10(2)20-21)16(22)19-14(18-15)11-7-5-6-8-12(11)17/h5-8H,3-4,9H2,1-2H3,(H,18,19,22). The number of nitrogens with one attached hydrogen (secondary N) is 1. The SMILES string of the molecule is CCCCn1nc(C)c2c(=O)[nH]c(-c3ccccc3F)nc21. The second-order valence-corrected chi connectivity index (χ2v) is 5.26. The first-order chi connectivity index (χ1) is 10.6. The Morgan fingerprint density at radius 3 is 2.82 bits per heavy atom. The van der Waals surface area contributed by atoms with E-state index in [4.69, 9.17) is 0 Å². The van der Waals surface area contributed by atoms with E-state index in [-0.39, 0.29) is 16.9 Å². The molecule has 114 valence electrons. The Kier molecular flexibility index (Phi) is 3.75. The Bertz CT molecular complexity index is 881. The quantitative estimate of drug-likeness (QED) is 0.805. The van der Waals surface area contributed by atoms with Crippen LogP contribution in [0.1, 0.15) is 25.5 Å². The van der Waals surface area contributed by atoms with Gasteiger partial charge in [0.15, 0.2) is 5.65 Å². The fourth-order valence-electron chi connectivity index (χ4n) is 2.50. The first kappa shape index (κ1) is 14.4. The normalized spacial score (nSPS) is 11.2. The predicted octanol–water partition coefficient (Wildman–Crippen LogP) is 3.03. The molecular weight excluding hydrogens is 283 g/mol. The number of H-pyrrole nitrogens is 1. The van der Waals surface area contributed by atoms with Gasteiger partial charge in [0.05, 0.1) is 11.3 Å². The van der Waals surface area contributed by atoms with Crippen LogP contribution in [0.5, 0.6) is 0 Å². The molecule has 0 amide bonds. The highest BCUT2D eigenvalue weighted by Crippen LogP contribution is 2.20. The van der Waals surface area contributed by atoms with Gasteiger partial charge in [0.1, 0.15) is 17.0 Å². The second-order valence-electron chi connectivity index (χ2n) is 5.26. The van der Waals surface area contributed by atoms with Gasteiger partial charge in [-0.3, -0.25) is 4.79 Å². The van der Waals surface area contributed by atoms with Crippen LogP contribution in [-0.2, 0) is 6.54 Å². The zero-order valence-corrected chi connectivity index (χ0v) is 12.6. The second kappa shape index (κ2) is 5.71. The van der Waals surface area contributed by atoms with Gasteiger partial charge in [0, 0.05) is 6.54 Å². The van der Waals surface area contributed by atoms with E-state index in [1.807, 2.05) is 0 Å². The number of hydrogen-bond donors (Lipinski definition) is 1. The van der Waals surface area contributed by atoms with Crippen molar-refractivity contribution in [1.29, 1.82) is 0 Å². The van der Waals surface area contributed by atoms with Gasteiger partial charge in [-0.2, -0.15) is 5.10 Å². The molecule has 0 aliphatic rings. The molecule has 6 heteroatoms. The molecule has 0 unspecified atom stereocenters. The summed E-state index contributed by atoms with van der Waals surface area (Å²) in [6, 6.07) is 6.26. The molecule has 0 aliphatic heterocycles. The Labute approximate surface area is 126 Å². The number of benzene rings is 1. The van der Waals surface area contributed by atoms with Gasteiger partial charge < -0.3 is 4.98 Å². The first-order valence-corrected chi connectivity index (χ1v) is 7.34. The molecule has 0 radical (unpaired) electrons. The molecule has 2 heterocycles. The van der Waals surface area contributed by atoms with E-state index in [0.717, 1.165) is 12.8 Å². The molecule has 3 aromatic rings. The summed E-state index contributed by atoms with van der Waals surface area (Å²) >= 11 is 0. The van der Waals surface area contributed by atoms with Gasteiger partial charge >= 0.3 is 0 Å². The van der Waals surface area contributed by atoms with E-state index in [9.17, 15) is 9.18 Å². The van der Waals surface area contributed by atoms with E-state index in [1.54, 1.807) is 29.8 Å². The van der Waals surface area contributed by atoms with Gasteiger partial charge in [0.2, 0.25) is 0 Å². The average Bonchev–Trinajstić information content (AvgIpc) is 2.82. The van der Waals surface area contributed by atoms with Crippen molar-refractivity contribution in [1.82, 2.24) is 19.7 Å². The van der Waals surface area contributed by atoms with Crippen molar-refractivity contribution in [2.45, 2.75) is 33.2 Å². The van der Waals surface area contributed by atoms with E-state index in [1.165, 1.54) is 6.07 Å². The van der Waals surface area contributed by atoms with Crippen LogP contribution in [0.4, 0.5) is 4.39 Å². The van der Waals surface area contributed by atoms with Gasteiger partial charge in [-0.05, 0) is 25.5 Å². The van der Waals surface area contributed by atoms with Crippen molar-refractivity contribution < 1.29 is 4.39 Å². The van der Waals surface area contributed by atoms with Crippen molar-refractivity contribution in [2.24, 2.45) is 0 Å². The summed E-state index contributed by atoms with van der Waals surface area (Å²) in [6.45, 7) is 4.56.